The molecule has 2 aromatic rings. The van der Waals surface area contributed by atoms with E-state index >= 15 is 0 Å². The molecule has 7 nitrogen and oxygen atoms in total. The van der Waals surface area contributed by atoms with Crippen molar-refractivity contribution in [1.82, 2.24) is 24.7 Å². The van der Waals surface area contributed by atoms with E-state index in [2.05, 4.69) is 51.5 Å². The molecule has 0 amide bonds. The van der Waals surface area contributed by atoms with E-state index in [1.807, 2.05) is 12.3 Å². The molecule has 0 aliphatic rings. The second-order valence-electron chi connectivity index (χ2n) is 4.99. The second kappa shape index (κ2) is 7.01. The first-order valence-corrected chi connectivity index (χ1v) is 7.38. The molecule has 0 aliphatic heterocycles. The van der Waals surface area contributed by atoms with Crippen molar-refractivity contribution in [3.8, 4) is 5.95 Å². The molecule has 7 heteroatoms. The number of nitrogens with zero attached hydrogens (tertiary/aromatic N) is 5. The third kappa shape index (κ3) is 3.68. The van der Waals surface area contributed by atoms with Crippen LogP contribution in [-0.2, 0) is 0 Å². The smallest absolute Gasteiger partial charge is 0.257 e. The number of nitrogens with one attached hydrogen (secondary N) is 2. The predicted molar refractivity (Wildman–Crippen MR) is 83.7 cm³/mol. The van der Waals surface area contributed by atoms with Crippen molar-refractivity contribution in [2.45, 2.75) is 39.7 Å². The number of aromatic nitrogens is 5. The fraction of sp³-hybridized carbons (Fsp3) is 0.571. The molecular formula is C14H23N7. The number of hydrogen-bond acceptors (Lipinski definition) is 6. The first kappa shape index (κ1) is 15.2. The standard InChI is InChI=1S/C14H23N7/c1-5-11(6-2)10(3)17-13-18-12(15-4)19-14(20-13)21-9-7-8-16-21/h7-11H,5-6H2,1-4H3,(H2,15,17,18,19,20). The average molecular weight is 289 g/mol. The molecule has 0 saturated carbocycles. The maximum Gasteiger partial charge on any atom is 0.257 e. The van der Waals surface area contributed by atoms with Crippen LogP contribution in [0.1, 0.15) is 33.6 Å². The quantitative estimate of drug-likeness (QED) is 0.814. The number of rotatable bonds is 7. The second-order valence-corrected chi connectivity index (χ2v) is 4.99. The topological polar surface area (TPSA) is 80.5 Å². The minimum Gasteiger partial charge on any atom is -0.357 e. The van der Waals surface area contributed by atoms with Gasteiger partial charge in [-0.1, -0.05) is 26.7 Å². The highest BCUT2D eigenvalue weighted by Gasteiger charge is 2.16. The molecule has 0 aliphatic carbocycles. The summed E-state index contributed by atoms with van der Waals surface area (Å²) in [7, 11) is 1.79. The van der Waals surface area contributed by atoms with E-state index in [0.29, 0.717) is 29.8 Å². The van der Waals surface area contributed by atoms with Crippen LogP contribution in [0.25, 0.3) is 5.95 Å². The highest BCUT2D eigenvalue weighted by Crippen LogP contribution is 2.17. The Bertz CT molecular complexity index is 548. The molecule has 0 spiro atoms. The van der Waals surface area contributed by atoms with Gasteiger partial charge in [-0.2, -0.15) is 20.1 Å². The number of anilines is 2. The molecule has 114 valence electrons. The summed E-state index contributed by atoms with van der Waals surface area (Å²) in [6.07, 6.45) is 5.76. The Labute approximate surface area is 125 Å². The van der Waals surface area contributed by atoms with E-state index in [1.165, 1.54) is 0 Å². The Morgan fingerprint density at radius 1 is 1.14 bits per heavy atom. The van der Waals surface area contributed by atoms with E-state index < -0.39 is 0 Å². The molecule has 2 aromatic heterocycles. The van der Waals surface area contributed by atoms with Crippen LogP contribution in [-0.4, -0.2) is 37.8 Å². The van der Waals surface area contributed by atoms with Crippen LogP contribution in [0.5, 0.6) is 0 Å². The van der Waals surface area contributed by atoms with E-state index in [1.54, 1.807) is 17.9 Å². The fourth-order valence-corrected chi connectivity index (χ4v) is 2.35. The van der Waals surface area contributed by atoms with Crippen LogP contribution in [0.2, 0.25) is 0 Å². The molecule has 2 rings (SSSR count). The lowest BCUT2D eigenvalue weighted by atomic mass is 9.96. The molecular weight excluding hydrogens is 266 g/mol. The highest BCUT2D eigenvalue weighted by atomic mass is 15.4. The molecule has 0 radical (unpaired) electrons. The van der Waals surface area contributed by atoms with Crippen molar-refractivity contribution in [3.05, 3.63) is 18.5 Å². The van der Waals surface area contributed by atoms with Gasteiger partial charge in [0, 0.05) is 25.5 Å². The van der Waals surface area contributed by atoms with Crippen molar-refractivity contribution in [3.63, 3.8) is 0 Å². The lowest BCUT2D eigenvalue weighted by Gasteiger charge is -2.22. The molecule has 2 heterocycles. The van der Waals surface area contributed by atoms with E-state index in [0.717, 1.165) is 12.8 Å². The van der Waals surface area contributed by atoms with Gasteiger partial charge in [0.25, 0.3) is 5.95 Å². The monoisotopic (exact) mass is 289 g/mol. The van der Waals surface area contributed by atoms with E-state index in [9.17, 15) is 0 Å². The lowest BCUT2D eigenvalue weighted by molar-refractivity contribution is 0.436. The largest absolute Gasteiger partial charge is 0.357 e. The molecule has 1 unspecified atom stereocenters. The summed E-state index contributed by atoms with van der Waals surface area (Å²) in [5.74, 6) is 2.18. The Balaban J connectivity index is 2.25. The van der Waals surface area contributed by atoms with Crippen molar-refractivity contribution < 1.29 is 0 Å². The summed E-state index contributed by atoms with van der Waals surface area (Å²) < 4.78 is 1.62. The number of hydrogen-bond donors (Lipinski definition) is 2. The van der Waals surface area contributed by atoms with Crippen molar-refractivity contribution in [1.29, 1.82) is 0 Å². The Hall–Kier alpha value is -2.18. The Morgan fingerprint density at radius 3 is 2.43 bits per heavy atom. The van der Waals surface area contributed by atoms with Gasteiger partial charge >= 0.3 is 0 Å². The first-order chi connectivity index (χ1) is 10.2. The zero-order valence-corrected chi connectivity index (χ0v) is 13.0. The van der Waals surface area contributed by atoms with Crippen LogP contribution in [0.15, 0.2) is 18.5 Å². The minimum absolute atomic E-state index is 0.303. The van der Waals surface area contributed by atoms with Gasteiger partial charge in [0.2, 0.25) is 11.9 Å². The molecule has 0 bridgehead atoms. The summed E-state index contributed by atoms with van der Waals surface area (Å²) in [5.41, 5.74) is 0. The molecule has 21 heavy (non-hydrogen) atoms. The average Bonchev–Trinajstić information content (AvgIpc) is 3.02. The third-order valence-corrected chi connectivity index (χ3v) is 3.67. The highest BCUT2D eigenvalue weighted by molar-refractivity contribution is 5.38. The van der Waals surface area contributed by atoms with Gasteiger partial charge in [-0.15, -0.1) is 0 Å². The van der Waals surface area contributed by atoms with Crippen molar-refractivity contribution >= 4 is 11.9 Å². The predicted octanol–water partition coefficient (Wildman–Crippen LogP) is 2.34. The maximum atomic E-state index is 4.44. The van der Waals surface area contributed by atoms with Crippen LogP contribution < -0.4 is 10.6 Å². The van der Waals surface area contributed by atoms with Gasteiger partial charge in [-0.05, 0) is 18.9 Å². The van der Waals surface area contributed by atoms with Crippen LogP contribution in [0.4, 0.5) is 11.9 Å². The zero-order chi connectivity index (χ0) is 15.2. The molecule has 0 fully saturated rings. The summed E-state index contributed by atoms with van der Waals surface area (Å²) in [6.45, 7) is 6.57. The normalized spacial score (nSPS) is 12.4. The van der Waals surface area contributed by atoms with Gasteiger partial charge in [-0.25, -0.2) is 4.68 Å². The molecule has 0 aromatic carbocycles. The third-order valence-electron chi connectivity index (χ3n) is 3.67. The van der Waals surface area contributed by atoms with Gasteiger partial charge in [-0.3, -0.25) is 0 Å². The first-order valence-electron chi connectivity index (χ1n) is 7.38. The van der Waals surface area contributed by atoms with Gasteiger partial charge in [0.05, 0.1) is 0 Å². The maximum absolute atomic E-state index is 4.44. The van der Waals surface area contributed by atoms with E-state index in [-0.39, 0.29) is 0 Å². The van der Waals surface area contributed by atoms with Gasteiger partial charge < -0.3 is 10.6 Å². The van der Waals surface area contributed by atoms with E-state index in [4.69, 9.17) is 0 Å². The zero-order valence-electron chi connectivity index (χ0n) is 13.0. The van der Waals surface area contributed by atoms with Crippen molar-refractivity contribution in [2.75, 3.05) is 17.7 Å². The Morgan fingerprint density at radius 2 is 1.86 bits per heavy atom. The minimum atomic E-state index is 0.303. The van der Waals surface area contributed by atoms with Gasteiger partial charge in [0.15, 0.2) is 0 Å². The summed E-state index contributed by atoms with van der Waals surface area (Å²) >= 11 is 0. The van der Waals surface area contributed by atoms with Crippen LogP contribution in [0, 0.1) is 5.92 Å². The molecule has 1 atom stereocenters. The summed E-state index contributed by atoms with van der Waals surface area (Å²) in [4.78, 5) is 13.1. The molecule has 2 N–H and O–H groups in total. The van der Waals surface area contributed by atoms with Gasteiger partial charge in [0.1, 0.15) is 0 Å². The summed E-state index contributed by atoms with van der Waals surface area (Å²) in [5, 5.41) is 10.5. The Kier molecular flexibility index (Phi) is 5.08. The fourth-order valence-electron chi connectivity index (χ4n) is 2.35. The SMILES string of the molecule is CCC(CC)C(C)Nc1nc(NC)nc(-n2cccn2)n1. The molecule has 0 saturated heterocycles. The lowest BCUT2D eigenvalue weighted by Crippen LogP contribution is -2.26. The van der Waals surface area contributed by atoms with Crippen LogP contribution in [0.3, 0.4) is 0 Å². The van der Waals surface area contributed by atoms with Crippen LogP contribution >= 0.6 is 0 Å². The van der Waals surface area contributed by atoms with Crippen molar-refractivity contribution in [2.24, 2.45) is 5.92 Å². The summed E-state index contributed by atoms with van der Waals surface area (Å²) in [6, 6.07) is 2.14.